The van der Waals surface area contributed by atoms with Gasteiger partial charge in [-0.05, 0) is 37.6 Å². The van der Waals surface area contributed by atoms with Gasteiger partial charge in [0.2, 0.25) is 10.0 Å². The molecule has 1 saturated heterocycles. The first-order valence-electron chi connectivity index (χ1n) is 10.3. The zero-order valence-corrected chi connectivity index (χ0v) is 19.4. The number of hydrogen-bond donors (Lipinski definition) is 4. The lowest BCUT2D eigenvalue weighted by Crippen LogP contribution is -2.52. The Morgan fingerprint density at radius 3 is 2.79 bits per heavy atom. The largest absolute Gasteiger partial charge is 0.367 e. The quantitative estimate of drug-likeness (QED) is 0.339. The van der Waals surface area contributed by atoms with Gasteiger partial charge in [-0.1, -0.05) is 0 Å². The second kappa shape index (κ2) is 8.89. The molecule has 14 heteroatoms. The highest BCUT2D eigenvalue weighted by Gasteiger charge is 2.41. The fourth-order valence-corrected chi connectivity index (χ4v) is 5.68. The van der Waals surface area contributed by atoms with Crippen LogP contribution in [-0.4, -0.2) is 72.2 Å². The van der Waals surface area contributed by atoms with E-state index in [2.05, 4.69) is 15.0 Å². The van der Waals surface area contributed by atoms with Crippen molar-refractivity contribution in [2.24, 2.45) is 0 Å². The van der Waals surface area contributed by atoms with Crippen LogP contribution in [0, 0.1) is 10.8 Å². The van der Waals surface area contributed by atoms with Crippen LogP contribution in [0.4, 0.5) is 18.9 Å². The molecule has 0 amide bonds. The van der Waals surface area contributed by atoms with Crippen molar-refractivity contribution in [3.8, 4) is 0 Å². The molecule has 1 atom stereocenters. The number of rotatable bonds is 7. The van der Waals surface area contributed by atoms with E-state index in [1.807, 2.05) is 4.90 Å². The highest BCUT2D eigenvalue weighted by atomic mass is 32.2. The monoisotopic (exact) mass is 503 g/mol. The first-order valence-corrected chi connectivity index (χ1v) is 12.6. The number of pyridine rings is 1. The van der Waals surface area contributed by atoms with Gasteiger partial charge in [0, 0.05) is 31.4 Å². The van der Waals surface area contributed by atoms with Gasteiger partial charge < -0.3 is 10.2 Å². The predicted octanol–water partition coefficient (Wildman–Crippen LogP) is 2.21. The zero-order chi connectivity index (χ0) is 24.0. The lowest BCUT2D eigenvalue weighted by Gasteiger charge is -2.34. The predicted molar refractivity (Wildman–Crippen MR) is 121 cm³/mol. The Balaban J connectivity index is 1.81. The summed E-state index contributed by atoms with van der Waals surface area (Å²) < 4.78 is 69.2. The summed E-state index contributed by atoms with van der Waals surface area (Å²) in [5.41, 5.74) is 0.420. The average Bonchev–Trinajstić information content (AvgIpc) is 3.32. The van der Waals surface area contributed by atoms with Gasteiger partial charge in [0.15, 0.2) is 5.82 Å². The van der Waals surface area contributed by atoms with E-state index in [9.17, 15) is 21.6 Å². The molecule has 180 valence electrons. The lowest BCUT2D eigenvalue weighted by atomic mass is 10.2. The number of thioether (sulfide) groups is 1. The van der Waals surface area contributed by atoms with E-state index in [-0.39, 0.29) is 22.5 Å². The number of nitrogens with one attached hydrogen (secondary N) is 4. The van der Waals surface area contributed by atoms with Crippen LogP contribution in [0.1, 0.15) is 25.6 Å². The fraction of sp³-hybridized carbons (Fsp3) is 0.526. The molecule has 0 spiro atoms. The number of aromatic nitrogens is 2. The molecule has 1 aliphatic heterocycles. The van der Waals surface area contributed by atoms with Gasteiger partial charge in [0.25, 0.3) is 6.43 Å². The summed E-state index contributed by atoms with van der Waals surface area (Å²) in [7, 11) is -3.94. The Labute approximate surface area is 193 Å². The number of piperazine rings is 1. The molecule has 33 heavy (non-hydrogen) atoms. The van der Waals surface area contributed by atoms with Crippen molar-refractivity contribution < 1.29 is 21.6 Å². The Bertz CT molecular complexity index is 1200. The number of halogens is 3. The fourth-order valence-electron chi connectivity index (χ4n) is 3.64. The molecule has 0 unspecified atom stereocenters. The van der Waals surface area contributed by atoms with Crippen LogP contribution in [0.5, 0.6) is 0 Å². The van der Waals surface area contributed by atoms with Crippen LogP contribution in [0.3, 0.4) is 0 Å². The van der Waals surface area contributed by atoms with Crippen LogP contribution in [-0.2, 0) is 10.0 Å². The minimum Gasteiger partial charge on any atom is -0.367 e. The minimum absolute atomic E-state index is 0.0616. The van der Waals surface area contributed by atoms with Crippen LogP contribution in [0.15, 0.2) is 23.4 Å². The molecule has 9 nitrogen and oxygen atoms in total. The molecule has 0 aromatic carbocycles. The number of anilines is 1. The Morgan fingerprint density at radius 2 is 2.15 bits per heavy atom. The third-order valence-electron chi connectivity index (χ3n) is 5.68. The third kappa shape index (κ3) is 5.03. The second-order valence-corrected chi connectivity index (χ2v) is 11.1. The van der Waals surface area contributed by atoms with Gasteiger partial charge in [-0.2, -0.15) is 0 Å². The number of imidazole rings is 1. The maximum atomic E-state index is 13.3. The van der Waals surface area contributed by atoms with Crippen LogP contribution < -0.4 is 14.9 Å². The summed E-state index contributed by atoms with van der Waals surface area (Å²) in [6.45, 7) is 2.49. The second-order valence-electron chi connectivity index (χ2n) is 8.41. The molecule has 0 radical (unpaired) electrons. The van der Waals surface area contributed by atoms with Gasteiger partial charge in [0.05, 0.1) is 23.4 Å². The highest BCUT2D eigenvalue weighted by Crippen LogP contribution is 2.37. The summed E-state index contributed by atoms with van der Waals surface area (Å²) in [5.74, 6) is -0.0616. The van der Waals surface area contributed by atoms with Crippen molar-refractivity contribution >= 4 is 43.1 Å². The summed E-state index contributed by atoms with van der Waals surface area (Å²) in [5, 5.41) is 17.2. The smallest absolute Gasteiger partial charge is 0.285 e. The molecule has 2 aromatic heterocycles. The van der Waals surface area contributed by atoms with Gasteiger partial charge in [0.1, 0.15) is 21.7 Å². The number of sulfonamides is 1. The van der Waals surface area contributed by atoms with Crippen LogP contribution in [0.25, 0.3) is 5.52 Å². The minimum atomic E-state index is -3.94. The molecular formula is C19H24F3N7O2S2. The van der Waals surface area contributed by atoms with Gasteiger partial charge in [-0.25, -0.2) is 31.3 Å². The zero-order valence-electron chi connectivity index (χ0n) is 17.7. The van der Waals surface area contributed by atoms with E-state index >= 15 is 0 Å². The summed E-state index contributed by atoms with van der Waals surface area (Å²) in [6.07, 6.45) is 1.11. The molecule has 0 bridgehead atoms. The number of fused-ring (bicyclic) bond motifs is 1. The lowest BCUT2D eigenvalue weighted by molar-refractivity contribution is 0.228. The van der Waals surface area contributed by atoms with Crippen LogP contribution >= 0.6 is 11.8 Å². The Morgan fingerprint density at radius 1 is 1.42 bits per heavy atom. The van der Waals surface area contributed by atoms with Gasteiger partial charge in [-0.15, -0.1) is 0 Å². The third-order valence-corrected chi connectivity index (χ3v) is 8.07. The first kappa shape index (κ1) is 24.0. The van der Waals surface area contributed by atoms with E-state index in [4.69, 9.17) is 10.8 Å². The van der Waals surface area contributed by atoms with E-state index in [0.29, 0.717) is 43.7 Å². The van der Waals surface area contributed by atoms with E-state index in [1.165, 1.54) is 22.9 Å². The van der Waals surface area contributed by atoms with Crippen molar-refractivity contribution in [3.05, 3.63) is 24.3 Å². The summed E-state index contributed by atoms with van der Waals surface area (Å²) >= 11 is 0.254. The molecule has 2 aromatic rings. The first-order chi connectivity index (χ1) is 15.5. The van der Waals surface area contributed by atoms with E-state index in [0.717, 1.165) is 0 Å². The average molecular weight is 504 g/mol. The Kier molecular flexibility index (Phi) is 6.46. The van der Waals surface area contributed by atoms with Crippen LogP contribution in [0.2, 0.25) is 0 Å². The maximum absolute atomic E-state index is 13.3. The van der Waals surface area contributed by atoms with E-state index in [1.54, 1.807) is 6.92 Å². The van der Waals surface area contributed by atoms with Crippen molar-refractivity contribution in [2.45, 2.75) is 42.7 Å². The van der Waals surface area contributed by atoms with E-state index < -0.39 is 44.8 Å². The molecule has 2 aliphatic rings. The summed E-state index contributed by atoms with van der Waals surface area (Å²) in [6, 6.07) is 1.07. The Hall–Kier alpha value is -2.16. The molecule has 4 N–H and O–H groups in total. The van der Waals surface area contributed by atoms with Gasteiger partial charge in [-0.3, -0.25) is 15.2 Å². The maximum Gasteiger partial charge on any atom is 0.285 e. The topological polar surface area (TPSA) is 126 Å². The van der Waals surface area contributed by atoms with Gasteiger partial charge >= 0.3 is 0 Å². The molecule has 4 rings (SSSR count). The molecule has 3 heterocycles. The SMILES string of the molecule is CC1(NS(=O)(=O)c2cc(N3CCN[C@H](CF)C3)c3cnc(C(=N)SC(=N)C(F)F)n3c2)CC1. The van der Waals surface area contributed by atoms with Crippen molar-refractivity contribution in [1.29, 1.82) is 10.8 Å². The standard InChI is InChI=1S/C19H24F3N7O2S2/c1-19(2-3-19)27-33(30,31)12-6-13(28-5-4-25-11(7-20)9-28)14-8-26-18(29(14)10-12)17(24)32-16(23)15(21)22/h6,8,10-11,15,23-25,27H,2-5,7,9H2,1H3/t11-/m1/s1. The number of hydrogen-bond acceptors (Lipinski definition) is 8. The molecule has 2 fully saturated rings. The molecular weight excluding hydrogens is 479 g/mol. The summed E-state index contributed by atoms with van der Waals surface area (Å²) in [4.78, 5) is 5.93. The highest BCUT2D eigenvalue weighted by molar-refractivity contribution is 8.26. The molecule has 1 aliphatic carbocycles. The van der Waals surface area contributed by atoms with Crippen molar-refractivity contribution in [2.75, 3.05) is 31.2 Å². The van der Waals surface area contributed by atoms with Crippen molar-refractivity contribution in [3.63, 3.8) is 0 Å². The molecule has 1 saturated carbocycles. The number of alkyl halides is 3. The number of nitrogens with zero attached hydrogens (tertiary/aromatic N) is 3. The van der Waals surface area contributed by atoms with Crippen molar-refractivity contribution in [1.82, 2.24) is 19.4 Å². The normalized spacial score (nSPS) is 20.4.